The van der Waals surface area contributed by atoms with Gasteiger partial charge in [0.25, 0.3) is 0 Å². The second-order valence-electron chi connectivity index (χ2n) is 4.91. The highest BCUT2D eigenvalue weighted by Crippen LogP contribution is 2.33. The molecule has 0 unspecified atom stereocenters. The zero-order valence-electron chi connectivity index (χ0n) is 9.37. The van der Waals surface area contributed by atoms with Crippen LogP contribution in [0.5, 0.6) is 5.75 Å². The summed E-state index contributed by atoms with van der Waals surface area (Å²) in [6.07, 6.45) is 2.06. The molecule has 0 bridgehead atoms. The van der Waals surface area contributed by atoms with E-state index in [2.05, 4.69) is 18.2 Å². The van der Waals surface area contributed by atoms with E-state index in [0.29, 0.717) is 6.54 Å². The standard InChI is InChI=1S/C13H17NO2/c14-7-13(8-15-9-13)6-10-1-2-12-11(5-10)3-4-16-12/h1-2,5H,3-4,6-9,14H2. The molecule has 1 fully saturated rings. The molecule has 1 saturated heterocycles. The molecule has 0 aliphatic carbocycles. The van der Waals surface area contributed by atoms with Crippen molar-refractivity contribution in [3.8, 4) is 5.75 Å². The van der Waals surface area contributed by atoms with Gasteiger partial charge in [-0.3, -0.25) is 0 Å². The van der Waals surface area contributed by atoms with E-state index in [9.17, 15) is 0 Å². The summed E-state index contributed by atoms with van der Waals surface area (Å²) in [6.45, 7) is 3.14. The second-order valence-corrected chi connectivity index (χ2v) is 4.91. The van der Waals surface area contributed by atoms with Crippen LogP contribution in [-0.4, -0.2) is 26.4 Å². The summed E-state index contributed by atoms with van der Waals surface area (Å²) >= 11 is 0. The van der Waals surface area contributed by atoms with Crippen LogP contribution in [0.15, 0.2) is 18.2 Å². The van der Waals surface area contributed by atoms with Crippen LogP contribution in [0.25, 0.3) is 0 Å². The Bertz CT molecular complexity index is 393. The van der Waals surface area contributed by atoms with Crippen molar-refractivity contribution in [2.75, 3.05) is 26.4 Å². The summed E-state index contributed by atoms with van der Waals surface area (Å²) in [7, 11) is 0. The molecule has 1 aromatic rings. The SMILES string of the molecule is NCC1(Cc2ccc3c(c2)CCO3)COC1. The Labute approximate surface area is 95.5 Å². The molecule has 86 valence electrons. The van der Waals surface area contributed by atoms with E-state index in [0.717, 1.165) is 38.4 Å². The third kappa shape index (κ3) is 1.60. The minimum absolute atomic E-state index is 0.188. The van der Waals surface area contributed by atoms with Crippen molar-refractivity contribution in [3.63, 3.8) is 0 Å². The van der Waals surface area contributed by atoms with Crippen molar-refractivity contribution in [2.24, 2.45) is 11.1 Å². The number of rotatable bonds is 3. The summed E-state index contributed by atoms with van der Waals surface area (Å²) in [6, 6.07) is 6.50. The van der Waals surface area contributed by atoms with Gasteiger partial charge in [-0.2, -0.15) is 0 Å². The number of ether oxygens (including phenoxy) is 2. The first kappa shape index (κ1) is 10.1. The zero-order valence-corrected chi connectivity index (χ0v) is 9.37. The fourth-order valence-corrected chi connectivity index (χ4v) is 2.47. The van der Waals surface area contributed by atoms with Gasteiger partial charge in [-0.1, -0.05) is 12.1 Å². The van der Waals surface area contributed by atoms with E-state index in [-0.39, 0.29) is 5.41 Å². The summed E-state index contributed by atoms with van der Waals surface area (Å²) in [5.41, 5.74) is 8.71. The van der Waals surface area contributed by atoms with Gasteiger partial charge in [0.05, 0.1) is 19.8 Å². The zero-order chi connectivity index (χ0) is 11.0. The summed E-state index contributed by atoms with van der Waals surface area (Å²) in [5.74, 6) is 1.05. The van der Waals surface area contributed by atoms with E-state index >= 15 is 0 Å². The van der Waals surface area contributed by atoms with Gasteiger partial charge in [-0.15, -0.1) is 0 Å². The predicted octanol–water partition coefficient (Wildman–Crippen LogP) is 1.14. The minimum atomic E-state index is 0.188. The first-order valence-electron chi connectivity index (χ1n) is 5.84. The van der Waals surface area contributed by atoms with Gasteiger partial charge in [-0.05, 0) is 23.6 Å². The summed E-state index contributed by atoms with van der Waals surface area (Å²) in [4.78, 5) is 0. The maximum absolute atomic E-state index is 5.82. The largest absolute Gasteiger partial charge is 0.493 e. The summed E-state index contributed by atoms with van der Waals surface area (Å²) < 4.78 is 10.8. The molecular formula is C13H17NO2. The van der Waals surface area contributed by atoms with Crippen molar-refractivity contribution in [1.82, 2.24) is 0 Å². The molecule has 3 rings (SSSR count). The van der Waals surface area contributed by atoms with Crippen LogP contribution in [-0.2, 0) is 17.6 Å². The van der Waals surface area contributed by atoms with E-state index < -0.39 is 0 Å². The lowest BCUT2D eigenvalue weighted by atomic mass is 9.79. The van der Waals surface area contributed by atoms with Gasteiger partial charge in [0.15, 0.2) is 0 Å². The Morgan fingerprint density at radius 1 is 1.31 bits per heavy atom. The fourth-order valence-electron chi connectivity index (χ4n) is 2.47. The first-order chi connectivity index (χ1) is 7.81. The summed E-state index contributed by atoms with van der Waals surface area (Å²) in [5, 5.41) is 0. The molecule has 0 amide bonds. The van der Waals surface area contributed by atoms with Gasteiger partial charge in [0.2, 0.25) is 0 Å². The van der Waals surface area contributed by atoms with Gasteiger partial charge in [0.1, 0.15) is 5.75 Å². The number of hydrogen-bond donors (Lipinski definition) is 1. The number of hydrogen-bond acceptors (Lipinski definition) is 3. The van der Waals surface area contributed by atoms with Crippen molar-refractivity contribution in [3.05, 3.63) is 29.3 Å². The smallest absolute Gasteiger partial charge is 0.122 e. The Morgan fingerprint density at radius 2 is 2.19 bits per heavy atom. The van der Waals surface area contributed by atoms with Crippen LogP contribution in [0, 0.1) is 5.41 Å². The molecule has 2 aliphatic rings. The molecule has 3 nitrogen and oxygen atoms in total. The van der Waals surface area contributed by atoms with Crippen molar-refractivity contribution in [2.45, 2.75) is 12.8 Å². The third-order valence-corrected chi connectivity index (χ3v) is 3.58. The maximum Gasteiger partial charge on any atom is 0.122 e. The van der Waals surface area contributed by atoms with Crippen LogP contribution in [0.4, 0.5) is 0 Å². The van der Waals surface area contributed by atoms with E-state index in [1.807, 2.05) is 0 Å². The molecule has 0 aromatic heterocycles. The molecule has 2 N–H and O–H groups in total. The predicted molar refractivity (Wildman–Crippen MR) is 61.7 cm³/mol. The molecule has 16 heavy (non-hydrogen) atoms. The quantitative estimate of drug-likeness (QED) is 0.829. The molecule has 0 atom stereocenters. The topological polar surface area (TPSA) is 44.5 Å². The van der Waals surface area contributed by atoms with Crippen LogP contribution in [0.3, 0.4) is 0 Å². The van der Waals surface area contributed by atoms with E-state index in [4.69, 9.17) is 15.2 Å². The molecular weight excluding hydrogens is 202 g/mol. The number of benzene rings is 1. The lowest BCUT2D eigenvalue weighted by Crippen LogP contribution is -2.49. The van der Waals surface area contributed by atoms with Gasteiger partial charge >= 0.3 is 0 Å². The number of nitrogens with two attached hydrogens (primary N) is 1. The molecule has 3 heteroatoms. The van der Waals surface area contributed by atoms with Crippen LogP contribution in [0.2, 0.25) is 0 Å². The fraction of sp³-hybridized carbons (Fsp3) is 0.538. The number of fused-ring (bicyclic) bond motifs is 1. The minimum Gasteiger partial charge on any atom is -0.493 e. The Morgan fingerprint density at radius 3 is 2.88 bits per heavy atom. The molecule has 0 spiro atoms. The monoisotopic (exact) mass is 219 g/mol. The molecule has 0 saturated carbocycles. The second kappa shape index (κ2) is 3.75. The van der Waals surface area contributed by atoms with E-state index in [1.165, 1.54) is 11.1 Å². The van der Waals surface area contributed by atoms with Crippen LogP contribution >= 0.6 is 0 Å². The molecule has 2 aliphatic heterocycles. The first-order valence-corrected chi connectivity index (χ1v) is 5.84. The van der Waals surface area contributed by atoms with Gasteiger partial charge < -0.3 is 15.2 Å². The van der Waals surface area contributed by atoms with Crippen LogP contribution in [0.1, 0.15) is 11.1 Å². The highest BCUT2D eigenvalue weighted by Gasteiger charge is 2.37. The van der Waals surface area contributed by atoms with Gasteiger partial charge in [0, 0.05) is 18.4 Å². The van der Waals surface area contributed by atoms with Crippen molar-refractivity contribution in [1.29, 1.82) is 0 Å². The van der Waals surface area contributed by atoms with Crippen molar-refractivity contribution < 1.29 is 9.47 Å². The third-order valence-electron chi connectivity index (χ3n) is 3.58. The Hall–Kier alpha value is -1.06. The lowest BCUT2D eigenvalue weighted by molar-refractivity contribution is -0.106. The maximum atomic E-state index is 5.82. The Kier molecular flexibility index (Phi) is 2.37. The van der Waals surface area contributed by atoms with E-state index in [1.54, 1.807) is 0 Å². The lowest BCUT2D eigenvalue weighted by Gasteiger charge is -2.40. The molecule has 2 heterocycles. The highest BCUT2D eigenvalue weighted by atomic mass is 16.5. The average Bonchev–Trinajstić information content (AvgIpc) is 2.70. The van der Waals surface area contributed by atoms with Gasteiger partial charge in [-0.25, -0.2) is 0 Å². The Balaban J connectivity index is 1.80. The molecule has 0 radical (unpaired) electrons. The normalized spacial score (nSPS) is 21.1. The molecule has 1 aromatic carbocycles. The van der Waals surface area contributed by atoms with Crippen LogP contribution < -0.4 is 10.5 Å². The average molecular weight is 219 g/mol. The highest BCUT2D eigenvalue weighted by molar-refractivity contribution is 5.40. The van der Waals surface area contributed by atoms with Crippen molar-refractivity contribution >= 4 is 0 Å².